The van der Waals surface area contributed by atoms with Gasteiger partial charge in [-0.05, 0) is 26.2 Å². The molecule has 2 rings (SSSR count). The van der Waals surface area contributed by atoms with E-state index < -0.39 is 5.92 Å². The van der Waals surface area contributed by atoms with E-state index in [0.717, 1.165) is 18.7 Å². The third-order valence-electron chi connectivity index (χ3n) is 3.46. The van der Waals surface area contributed by atoms with E-state index in [-0.39, 0.29) is 5.97 Å². The van der Waals surface area contributed by atoms with Gasteiger partial charge in [0.25, 0.3) is 0 Å². The van der Waals surface area contributed by atoms with Crippen molar-refractivity contribution >= 4 is 5.97 Å². The highest BCUT2D eigenvalue weighted by Crippen LogP contribution is 2.33. The van der Waals surface area contributed by atoms with Gasteiger partial charge in [0.1, 0.15) is 5.92 Å². The lowest BCUT2D eigenvalue weighted by Gasteiger charge is -2.08. The first-order valence-corrected chi connectivity index (χ1v) is 6.76. The Morgan fingerprint density at radius 3 is 2.78 bits per heavy atom. The molecule has 100 valence electrons. The number of carbonyl (C=O) groups is 1. The topological polar surface area (TPSA) is 65.2 Å². The molecule has 1 aliphatic rings. The number of ether oxygens (including phenoxy) is 1. The van der Waals surface area contributed by atoms with Crippen molar-refractivity contribution in [1.29, 1.82) is 0 Å². The SMILES string of the molecule is CCOC(=O)C(CC)c1nc(C2CCCC2)no1. The van der Waals surface area contributed by atoms with E-state index in [1.807, 2.05) is 6.92 Å². The van der Waals surface area contributed by atoms with Gasteiger partial charge in [-0.15, -0.1) is 0 Å². The predicted octanol–water partition coefficient (Wildman–Crippen LogP) is 2.78. The highest BCUT2D eigenvalue weighted by molar-refractivity contribution is 5.76. The molecule has 1 aliphatic carbocycles. The third kappa shape index (κ3) is 2.71. The van der Waals surface area contributed by atoms with E-state index in [1.54, 1.807) is 6.92 Å². The molecule has 0 aromatic carbocycles. The molecule has 5 heteroatoms. The maximum atomic E-state index is 11.8. The van der Waals surface area contributed by atoms with Crippen LogP contribution in [0.5, 0.6) is 0 Å². The summed E-state index contributed by atoms with van der Waals surface area (Å²) < 4.78 is 10.3. The molecule has 0 amide bonds. The van der Waals surface area contributed by atoms with E-state index in [2.05, 4.69) is 10.1 Å². The summed E-state index contributed by atoms with van der Waals surface area (Å²) in [6.45, 7) is 4.09. The van der Waals surface area contributed by atoms with Gasteiger partial charge >= 0.3 is 5.97 Å². The lowest BCUT2D eigenvalue weighted by molar-refractivity contribution is -0.145. The molecule has 1 aromatic heterocycles. The van der Waals surface area contributed by atoms with Crippen molar-refractivity contribution in [3.8, 4) is 0 Å². The number of rotatable bonds is 5. The van der Waals surface area contributed by atoms with E-state index in [0.29, 0.717) is 24.8 Å². The average Bonchev–Trinajstić information content (AvgIpc) is 3.00. The molecule has 1 saturated carbocycles. The van der Waals surface area contributed by atoms with Crippen LogP contribution in [0.15, 0.2) is 4.52 Å². The summed E-state index contributed by atoms with van der Waals surface area (Å²) in [5.41, 5.74) is 0. The van der Waals surface area contributed by atoms with Crippen LogP contribution in [0.3, 0.4) is 0 Å². The van der Waals surface area contributed by atoms with Gasteiger partial charge in [-0.25, -0.2) is 0 Å². The summed E-state index contributed by atoms with van der Waals surface area (Å²) in [6, 6.07) is 0. The van der Waals surface area contributed by atoms with Crippen molar-refractivity contribution in [2.45, 2.75) is 57.8 Å². The number of esters is 1. The summed E-state index contributed by atoms with van der Waals surface area (Å²) >= 11 is 0. The van der Waals surface area contributed by atoms with E-state index in [4.69, 9.17) is 9.26 Å². The van der Waals surface area contributed by atoms with Crippen LogP contribution in [0.2, 0.25) is 0 Å². The Morgan fingerprint density at radius 1 is 1.44 bits per heavy atom. The van der Waals surface area contributed by atoms with Crippen molar-refractivity contribution < 1.29 is 14.1 Å². The number of aromatic nitrogens is 2. The second-order valence-corrected chi connectivity index (χ2v) is 4.69. The first kappa shape index (κ1) is 13.1. The Kier molecular flexibility index (Phi) is 4.33. The summed E-state index contributed by atoms with van der Waals surface area (Å²) in [5.74, 6) is 0.861. The first-order valence-electron chi connectivity index (χ1n) is 6.76. The molecule has 0 N–H and O–H groups in total. The number of nitrogens with zero attached hydrogens (tertiary/aromatic N) is 2. The van der Waals surface area contributed by atoms with Crippen LogP contribution in [-0.4, -0.2) is 22.7 Å². The maximum Gasteiger partial charge on any atom is 0.318 e. The van der Waals surface area contributed by atoms with E-state index in [9.17, 15) is 4.79 Å². The van der Waals surface area contributed by atoms with Crippen LogP contribution in [0.4, 0.5) is 0 Å². The Balaban J connectivity index is 2.09. The third-order valence-corrected chi connectivity index (χ3v) is 3.46. The molecule has 1 fully saturated rings. The van der Waals surface area contributed by atoms with Gasteiger partial charge in [-0.3, -0.25) is 4.79 Å². The van der Waals surface area contributed by atoms with Crippen LogP contribution in [0.25, 0.3) is 0 Å². The number of hydrogen-bond acceptors (Lipinski definition) is 5. The zero-order valence-corrected chi connectivity index (χ0v) is 11.0. The van der Waals surface area contributed by atoms with Gasteiger partial charge < -0.3 is 9.26 Å². The minimum atomic E-state index is -0.424. The smallest absolute Gasteiger partial charge is 0.318 e. The lowest BCUT2D eigenvalue weighted by atomic mass is 10.1. The molecule has 18 heavy (non-hydrogen) atoms. The maximum absolute atomic E-state index is 11.8. The van der Waals surface area contributed by atoms with Crippen molar-refractivity contribution in [2.24, 2.45) is 0 Å². The molecule has 1 heterocycles. The molecule has 1 atom stereocenters. The van der Waals surface area contributed by atoms with Crippen LogP contribution < -0.4 is 0 Å². The van der Waals surface area contributed by atoms with Crippen molar-refractivity contribution in [2.75, 3.05) is 6.61 Å². The molecule has 1 unspecified atom stereocenters. The predicted molar refractivity (Wildman–Crippen MR) is 65.2 cm³/mol. The Morgan fingerprint density at radius 2 is 2.17 bits per heavy atom. The summed E-state index contributed by atoms with van der Waals surface area (Å²) in [6.07, 6.45) is 5.31. The van der Waals surface area contributed by atoms with Gasteiger partial charge in [0.15, 0.2) is 5.82 Å². The fraction of sp³-hybridized carbons (Fsp3) is 0.769. The molecule has 5 nitrogen and oxygen atoms in total. The molecule has 0 spiro atoms. The largest absolute Gasteiger partial charge is 0.465 e. The molecule has 0 radical (unpaired) electrons. The van der Waals surface area contributed by atoms with E-state index >= 15 is 0 Å². The van der Waals surface area contributed by atoms with Crippen molar-refractivity contribution in [3.63, 3.8) is 0 Å². The van der Waals surface area contributed by atoms with E-state index in [1.165, 1.54) is 12.8 Å². The Labute approximate surface area is 107 Å². The zero-order valence-electron chi connectivity index (χ0n) is 11.0. The van der Waals surface area contributed by atoms with Gasteiger partial charge in [0, 0.05) is 5.92 Å². The van der Waals surface area contributed by atoms with Crippen molar-refractivity contribution in [1.82, 2.24) is 10.1 Å². The van der Waals surface area contributed by atoms with Crippen LogP contribution in [-0.2, 0) is 9.53 Å². The molecule has 0 saturated heterocycles. The molecular weight excluding hydrogens is 232 g/mol. The summed E-state index contributed by atoms with van der Waals surface area (Å²) in [5, 5.41) is 4.02. The van der Waals surface area contributed by atoms with Crippen LogP contribution in [0.1, 0.15) is 69.5 Å². The average molecular weight is 252 g/mol. The number of carbonyl (C=O) groups excluding carboxylic acids is 1. The van der Waals surface area contributed by atoms with Crippen LogP contribution in [0, 0.1) is 0 Å². The highest BCUT2D eigenvalue weighted by Gasteiger charge is 2.29. The monoisotopic (exact) mass is 252 g/mol. The second kappa shape index (κ2) is 5.98. The highest BCUT2D eigenvalue weighted by atomic mass is 16.5. The second-order valence-electron chi connectivity index (χ2n) is 4.69. The van der Waals surface area contributed by atoms with Crippen molar-refractivity contribution in [3.05, 3.63) is 11.7 Å². The minimum Gasteiger partial charge on any atom is -0.465 e. The standard InChI is InChI=1S/C13H20N2O3/c1-3-10(13(16)17-4-2)12-14-11(15-18-12)9-7-5-6-8-9/h9-10H,3-8H2,1-2H3. The lowest BCUT2D eigenvalue weighted by Crippen LogP contribution is -2.15. The molecule has 0 bridgehead atoms. The Bertz CT molecular complexity index is 397. The van der Waals surface area contributed by atoms with Crippen LogP contribution >= 0.6 is 0 Å². The summed E-state index contributed by atoms with van der Waals surface area (Å²) in [4.78, 5) is 16.1. The molecular formula is C13H20N2O3. The number of hydrogen-bond donors (Lipinski definition) is 0. The quantitative estimate of drug-likeness (QED) is 0.754. The Hall–Kier alpha value is -1.39. The minimum absolute atomic E-state index is 0.276. The fourth-order valence-electron chi connectivity index (χ4n) is 2.42. The summed E-state index contributed by atoms with van der Waals surface area (Å²) in [7, 11) is 0. The van der Waals surface area contributed by atoms with Gasteiger partial charge in [-0.1, -0.05) is 24.9 Å². The van der Waals surface area contributed by atoms with Gasteiger partial charge in [0.05, 0.1) is 6.61 Å². The van der Waals surface area contributed by atoms with Gasteiger partial charge in [-0.2, -0.15) is 4.98 Å². The first-order chi connectivity index (χ1) is 8.76. The zero-order chi connectivity index (χ0) is 13.0. The van der Waals surface area contributed by atoms with Gasteiger partial charge in [0.2, 0.25) is 5.89 Å². The molecule has 0 aliphatic heterocycles. The molecule has 1 aromatic rings. The fourth-order valence-corrected chi connectivity index (χ4v) is 2.42. The normalized spacial score (nSPS) is 17.9.